The van der Waals surface area contributed by atoms with Crippen molar-refractivity contribution in [1.29, 1.82) is 5.26 Å². The van der Waals surface area contributed by atoms with Crippen molar-refractivity contribution in [2.24, 2.45) is 0 Å². The summed E-state index contributed by atoms with van der Waals surface area (Å²) >= 11 is 0. The average molecular weight is 430 g/mol. The van der Waals surface area contributed by atoms with Crippen LogP contribution in [-0.4, -0.2) is 38.8 Å². The molecule has 3 rings (SSSR count). The van der Waals surface area contributed by atoms with Crippen molar-refractivity contribution in [2.45, 2.75) is 42.7 Å². The molecule has 0 radical (unpaired) electrons. The van der Waals surface area contributed by atoms with Crippen LogP contribution >= 0.6 is 0 Å². The third-order valence-electron chi connectivity index (χ3n) is 4.75. The van der Waals surface area contributed by atoms with E-state index < -0.39 is 16.1 Å². The maximum Gasteiger partial charge on any atom is 0.411 e. The molecule has 2 N–H and O–H groups in total. The first-order valence-corrected chi connectivity index (χ1v) is 10.9. The average Bonchev–Trinajstić information content (AvgIpc) is 2.76. The molecule has 1 heterocycles. The Bertz CT molecular complexity index is 1010. The summed E-state index contributed by atoms with van der Waals surface area (Å²) in [6, 6.07) is 11.0. The highest BCUT2D eigenvalue weighted by atomic mass is 32.2. The maximum atomic E-state index is 12.6. The number of hydrogen-bond acceptors (Lipinski definition) is 7. The fourth-order valence-corrected chi connectivity index (χ4v) is 4.46. The van der Waals surface area contributed by atoms with Crippen molar-refractivity contribution in [1.82, 2.24) is 9.71 Å². The Hall–Kier alpha value is -3.16. The van der Waals surface area contributed by atoms with Gasteiger partial charge in [-0.05, 0) is 56.0 Å². The molecule has 2 aromatic rings. The van der Waals surface area contributed by atoms with E-state index in [1.165, 1.54) is 37.6 Å². The molecule has 0 bridgehead atoms. The van der Waals surface area contributed by atoms with Gasteiger partial charge in [0.2, 0.25) is 15.9 Å². The van der Waals surface area contributed by atoms with Crippen LogP contribution in [-0.2, 0) is 14.8 Å². The molecule has 0 unspecified atom stereocenters. The lowest BCUT2D eigenvalue weighted by molar-refractivity contribution is 0.138. The minimum Gasteiger partial charge on any atom is -0.474 e. The van der Waals surface area contributed by atoms with Crippen LogP contribution in [0.25, 0.3) is 0 Å². The van der Waals surface area contributed by atoms with Gasteiger partial charge in [-0.3, -0.25) is 5.32 Å². The first kappa shape index (κ1) is 21.5. The zero-order chi connectivity index (χ0) is 21.6. The number of carbonyl (C=O) groups is 1. The number of nitriles is 1. The number of nitrogens with one attached hydrogen (secondary N) is 2. The molecule has 0 spiro atoms. The summed E-state index contributed by atoms with van der Waals surface area (Å²) in [6.07, 6.45) is 3.45. The van der Waals surface area contributed by atoms with E-state index in [1.54, 1.807) is 12.1 Å². The minimum atomic E-state index is -3.67. The van der Waals surface area contributed by atoms with Crippen molar-refractivity contribution in [3.8, 4) is 11.9 Å². The van der Waals surface area contributed by atoms with E-state index in [9.17, 15) is 13.2 Å². The molecule has 0 atom stereocenters. The fraction of sp³-hybridized carbons (Fsp3) is 0.350. The van der Waals surface area contributed by atoms with Crippen molar-refractivity contribution in [2.75, 3.05) is 12.4 Å². The second-order valence-corrected chi connectivity index (χ2v) is 8.56. The molecular weight excluding hydrogens is 408 g/mol. The molecule has 0 aliphatic heterocycles. The minimum absolute atomic E-state index is 0.0464. The number of nitrogens with zero attached hydrogens (tertiary/aromatic N) is 2. The Balaban J connectivity index is 1.52. The van der Waals surface area contributed by atoms with Crippen LogP contribution in [0, 0.1) is 11.3 Å². The number of aromatic nitrogens is 1. The molecule has 158 valence electrons. The number of amides is 1. The third kappa shape index (κ3) is 5.68. The van der Waals surface area contributed by atoms with Gasteiger partial charge >= 0.3 is 6.09 Å². The zero-order valence-electron chi connectivity index (χ0n) is 16.4. The summed E-state index contributed by atoms with van der Waals surface area (Å²) in [5, 5.41) is 11.3. The summed E-state index contributed by atoms with van der Waals surface area (Å²) < 4.78 is 38.3. The number of ether oxygens (including phenoxy) is 2. The summed E-state index contributed by atoms with van der Waals surface area (Å²) in [5.41, 5.74) is 0.907. The lowest BCUT2D eigenvalue weighted by atomic mass is 9.94. The Morgan fingerprint density at radius 1 is 1.13 bits per heavy atom. The Morgan fingerprint density at radius 2 is 1.83 bits per heavy atom. The van der Waals surface area contributed by atoms with Crippen LogP contribution < -0.4 is 14.8 Å². The van der Waals surface area contributed by atoms with E-state index in [0.717, 1.165) is 0 Å². The van der Waals surface area contributed by atoms with Gasteiger partial charge in [-0.1, -0.05) is 0 Å². The van der Waals surface area contributed by atoms with E-state index >= 15 is 0 Å². The van der Waals surface area contributed by atoms with Crippen LogP contribution in [0.5, 0.6) is 5.88 Å². The summed E-state index contributed by atoms with van der Waals surface area (Å²) in [6.45, 7) is 0. The van der Waals surface area contributed by atoms with E-state index in [2.05, 4.69) is 19.8 Å². The van der Waals surface area contributed by atoms with Crippen LogP contribution in [0.2, 0.25) is 0 Å². The van der Waals surface area contributed by atoms with Gasteiger partial charge in [0, 0.05) is 24.0 Å². The predicted molar refractivity (Wildman–Crippen MR) is 108 cm³/mol. The molecule has 1 aliphatic rings. The quantitative estimate of drug-likeness (QED) is 0.720. The number of methoxy groups -OCH3 is 1. The van der Waals surface area contributed by atoms with Crippen LogP contribution in [0.3, 0.4) is 0 Å². The van der Waals surface area contributed by atoms with E-state index in [4.69, 9.17) is 10.00 Å². The standard InChI is InChI=1S/C20H22N4O5S/c1-28-20(25)23-15-5-9-18(10-6-15)30(26,27)24-16-3-7-17(8-4-16)29-19-11-2-14(12-21)13-22-19/h2,5-6,9-11,13,16-17,24H,3-4,7-8H2,1H3,(H,23,25). The smallest absolute Gasteiger partial charge is 0.411 e. The first-order valence-electron chi connectivity index (χ1n) is 9.40. The van der Waals surface area contributed by atoms with Crippen LogP contribution in [0.15, 0.2) is 47.5 Å². The Labute approximate surface area is 175 Å². The van der Waals surface area contributed by atoms with Gasteiger partial charge in [0.1, 0.15) is 12.2 Å². The van der Waals surface area contributed by atoms with E-state index in [1.807, 2.05) is 6.07 Å². The highest BCUT2D eigenvalue weighted by Crippen LogP contribution is 2.24. The topological polar surface area (TPSA) is 130 Å². The van der Waals surface area contributed by atoms with Crippen LogP contribution in [0.4, 0.5) is 10.5 Å². The number of sulfonamides is 1. The highest BCUT2D eigenvalue weighted by molar-refractivity contribution is 7.89. The molecule has 0 saturated heterocycles. The number of hydrogen-bond donors (Lipinski definition) is 2. The van der Waals surface area contributed by atoms with E-state index in [-0.39, 0.29) is 17.0 Å². The second-order valence-electron chi connectivity index (χ2n) is 6.85. The maximum absolute atomic E-state index is 12.6. The SMILES string of the molecule is COC(=O)Nc1ccc(S(=O)(=O)NC2CCC(Oc3ccc(C#N)cn3)CC2)cc1. The molecule has 1 fully saturated rings. The largest absolute Gasteiger partial charge is 0.474 e. The number of pyridine rings is 1. The highest BCUT2D eigenvalue weighted by Gasteiger charge is 2.27. The summed E-state index contributed by atoms with van der Waals surface area (Å²) in [4.78, 5) is 15.4. The number of anilines is 1. The van der Waals surface area contributed by atoms with Crippen molar-refractivity contribution < 1.29 is 22.7 Å². The normalized spacial score (nSPS) is 18.8. The number of rotatable bonds is 6. The second kappa shape index (κ2) is 9.56. The Kier molecular flexibility index (Phi) is 6.87. The fourth-order valence-electron chi connectivity index (χ4n) is 3.16. The lowest BCUT2D eigenvalue weighted by Crippen LogP contribution is -2.39. The summed E-state index contributed by atoms with van der Waals surface area (Å²) in [7, 11) is -2.42. The Morgan fingerprint density at radius 3 is 2.40 bits per heavy atom. The van der Waals surface area contributed by atoms with Gasteiger partial charge in [-0.2, -0.15) is 5.26 Å². The molecule has 1 aliphatic carbocycles. The van der Waals surface area contributed by atoms with Crippen molar-refractivity contribution >= 4 is 21.8 Å². The zero-order valence-corrected chi connectivity index (χ0v) is 17.2. The van der Waals surface area contributed by atoms with Gasteiger partial charge in [-0.15, -0.1) is 0 Å². The molecule has 9 nitrogen and oxygen atoms in total. The first-order chi connectivity index (χ1) is 14.4. The van der Waals surface area contributed by atoms with Gasteiger partial charge in [0.15, 0.2) is 0 Å². The predicted octanol–water partition coefficient (Wildman–Crippen LogP) is 2.80. The van der Waals surface area contributed by atoms with Gasteiger partial charge in [-0.25, -0.2) is 22.9 Å². The number of carbonyl (C=O) groups excluding carboxylic acids is 1. The molecule has 1 aromatic carbocycles. The third-order valence-corrected chi connectivity index (χ3v) is 6.28. The van der Waals surface area contributed by atoms with E-state index in [0.29, 0.717) is 42.8 Å². The summed E-state index contributed by atoms with van der Waals surface area (Å²) in [5.74, 6) is 0.457. The van der Waals surface area contributed by atoms with Gasteiger partial charge < -0.3 is 9.47 Å². The molecule has 1 amide bonds. The molecule has 1 aromatic heterocycles. The van der Waals surface area contributed by atoms with Gasteiger partial charge in [0.05, 0.1) is 17.6 Å². The molecule has 30 heavy (non-hydrogen) atoms. The van der Waals surface area contributed by atoms with Gasteiger partial charge in [0.25, 0.3) is 0 Å². The van der Waals surface area contributed by atoms with Crippen molar-refractivity contribution in [3.05, 3.63) is 48.2 Å². The molecule has 10 heteroatoms. The molecule has 1 saturated carbocycles. The van der Waals surface area contributed by atoms with Crippen molar-refractivity contribution in [3.63, 3.8) is 0 Å². The lowest BCUT2D eigenvalue weighted by Gasteiger charge is -2.29. The molecular formula is C20H22N4O5S. The number of benzene rings is 1. The monoisotopic (exact) mass is 430 g/mol. The van der Waals surface area contributed by atoms with Crippen LogP contribution in [0.1, 0.15) is 31.2 Å².